The number of aromatic nitrogens is 3. The summed E-state index contributed by atoms with van der Waals surface area (Å²) in [6, 6.07) is 15.2. The zero-order chi connectivity index (χ0) is 19.7. The monoisotopic (exact) mass is 504 g/mol. The SMILES string of the molecule is CCOc1cccc2sc(-n3nc(C)cc3NC(=O)c3ccccc3I)nc12. The van der Waals surface area contributed by atoms with E-state index in [1.807, 2.05) is 56.3 Å². The predicted molar refractivity (Wildman–Crippen MR) is 120 cm³/mol. The van der Waals surface area contributed by atoms with Crippen LogP contribution in [0.3, 0.4) is 0 Å². The minimum atomic E-state index is -0.178. The van der Waals surface area contributed by atoms with Gasteiger partial charge < -0.3 is 10.1 Å². The molecule has 28 heavy (non-hydrogen) atoms. The molecule has 0 fully saturated rings. The number of halogens is 1. The largest absolute Gasteiger partial charge is 0.492 e. The van der Waals surface area contributed by atoms with Crippen LogP contribution < -0.4 is 10.1 Å². The van der Waals surface area contributed by atoms with Gasteiger partial charge in [-0.15, -0.1) is 0 Å². The van der Waals surface area contributed by atoms with E-state index in [-0.39, 0.29) is 5.91 Å². The quantitative estimate of drug-likeness (QED) is 0.387. The first-order valence-electron chi connectivity index (χ1n) is 8.72. The molecule has 4 rings (SSSR count). The van der Waals surface area contributed by atoms with Crippen molar-refractivity contribution in [3.05, 3.63) is 63.4 Å². The summed E-state index contributed by atoms with van der Waals surface area (Å²) in [4.78, 5) is 17.5. The maximum atomic E-state index is 12.7. The second kappa shape index (κ2) is 7.88. The molecule has 0 bridgehead atoms. The van der Waals surface area contributed by atoms with Gasteiger partial charge in [-0.25, -0.2) is 4.98 Å². The van der Waals surface area contributed by atoms with Gasteiger partial charge >= 0.3 is 0 Å². The van der Waals surface area contributed by atoms with Crippen LogP contribution in [0.1, 0.15) is 23.0 Å². The van der Waals surface area contributed by atoms with Crippen LogP contribution in [0.2, 0.25) is 0 Å². The highest BCUT2D eigenvalue weighted by atomic mass is 127. The van der Waals surface area contributed by atoms with Crippen molar-refractivity contribution >= 4 is 55.9 Å². The Morgan fingerprint density at radius 1 is 1.25 bits per heavy atom. The van der Waals surface area contributed by atoms with Crippen LogP contribution in [0, 0.1) is 10.5 Å². The van der Waals surface area contributed by atoms with Crippen molar-refractivity contribution in [3.63, 3.8) is 0 Å². The molecule has 2 aromatic carbocycles. The first-order valence-corrected chi connectivity index (χ1v) is 10.6. The minimum Gasteiger partial charge on any atom is -0.492 e. The number of nitrogens with zero attached hydrogens (tertiary/aromatic N) is 3. The van der Waals surface area contributed by atoms with Gasteiger partial charge in [-0.2, -0.15) is 9.78 Å². The van der Waals surface area contributed by atoms with E-state index >= 15 is 0 Å². The molecule has 0 saturated heterocycles. The number of benzene rings is 2. The summed E-state index contributed by atoms with van der Waals surface area (Å²) < 4.78 is 9.25. The number of carbonyl (C=O) groups is 1. The van der Waals surface area contributed by atoms with Crippen LogP contribution in [0.25, 0.3) is 15.3 Å². The third-order valence-corrected chi connectivity index (χ3v) is 5.98. The highest BCUT2D eigenvalue weighted by molar-refractivity contribution is 14.1. The lowest BCUT2D eigenvalue weighted by Crippen LogP contribution is -2.16. The van der Waals surface area contributed by atoms with E-state index in [2.05, 4.69) is 33.0 Å². The number of amides is 1. The fraction of sp³-hybridized carbons (Fsp3) is 0.150. The minimum absolute atomic E-state index is 0.178. The number of aryl methyl sites for hydroxylation is 1. The Balaban J connectivity index is 1.72. The molecule has 0 spiro atoms. The van der Waals surface area contributed by atoms with Gasteiger partial charge in [0.1, 0.15) is 17.1 Å². The van der Waals surface area contributed by atoms with Crippen LogP contribution in [-0.4, -0.2) is 27.3 Å². The molecule has 1 amide bonds. The zero-order valence-electron chi connectivity index (χ0n) is 15.3. The Kier molecular flexibility index (Phi) is 5.31. The number of ether oxygens (including phenoxy) is 1. The maximum Gasteiger partial charge on any atom is 0.257 e. The number of carbonyl (C=O) groups excluding carboxylic acids is 1. The number of rotatable bonds is 5. The Hall–Kier alpha value is -2.46. The fourth-order valence-electron chi connectivity index (χ4n) is 2.84. The normalized spacial score (nSPS) is 11.0. The van der Waals surface area contributed by atoms with Crippen molar-refractivity contribution in [2.45, 2.75) is 13.8 Å². The van der Waals surface area contributed by atoms with Gasteiger partial charge in [-0.1, -0.05) is 29.5 Å². The summed E-state index contributed by atoms with van der Waals surface area (Å²) in [6.45, 7) is 4.41. The van der Waals surface area contributed by atoms with E-state index in [9.17, 15) is 4.79 Å². The van der Waals surface area contributed by atoms with E-state index < -0.39 is 0 Å². The molecule has 0 aliphatic carbocycles. The highest BCUT2D eigenvalue weighted by Gasteiger charge is 2.17. The average molecular weight is 504 g/mol. The summed E-state index contributed by atoms with van der Waals surface area (Å²) in [6.07, 6.45) is 0. The first-order chi connectivity index (χ1) is 13.6. The number of hydrogen-bond acceptors (Lipinski definition) is 5. The lowest BCUT2D eigenvalue weighted by molar-refractivity contribution is 0.102. The molecule has 0 aliphatic heterocycles. The number of fused-ring (bicyclic) bond motifs is 1. The number of anilines is 1. The molecule has 0 atom stereocenters. The van der Waals surface area contributed by atoms with Gasteiger partial charge in [0.25, 0.3) is 5.91 Å². The van der Waals surface area contributed by atoms with Gasteiger partial charge in [-0.05, 0) is 60.7 Å². The Morgan fingerprint density at radius 3 is 2.86 bits per heavy atom. The fourth-order valence-corrected chi connectivity index (χ4v) is 4.42. The average Bonchev–Trinajstić information content (AvgIpc) is 3.26. The predicted octanol–water partition coefficient (Wildman–Crippen LogP) is 5.05. The second-order valence-corrected chi connectivity index (χ2v) is 8.22. The van der Waals surface area contributed by atoms with Gasteiger partial charge in [0.15, 0.2) is 0 Å². The summed E-state index contributed by atoms with van der Waals surface area (Å²) in [5, 5.41) is 8.17. The van der Waals surface area contributed by atoms with Gasteiger partial charge in [0, 0.05) is 9.64 Å². The summed E-state index contributed by atoms with van der Waals surface area (Å²) in [5.74, 6) is 1.15. The molecule has 0 saturated carbocycles. The third-order valence-electron chi connectivity index (χ3n) is 4.04. The first kappa shape index (κ1) is 18.9. The van der Waals surface area contributed by atoms with Crippen LogP contribution >= 0.6 is 33.9 Å². The van der Waals surface area contributed by atoms with Crippen molar-refractivity contribution < 1.29 is 9.53 Å². The van der Waals surface area contributed by atoms with Crippen molar-refractivity contribution in [1.29, 1.82) is 0 Å². The number of hydrogen-bond donors (Lipinski definition) is 1. The molecule has 1 N–H and O–H groups in total. The van der Waals surface area contributed by atoms with E-state index in [1.165, 1.54) is 11.3 Å². The van der Waals surface area contributed by atoms with Crippen molar-refractivity contribution in [3.8, 4) is 10.9 Å². The smallest absolute Gasteiger partial charge is 0.257 e. The number of thiazole rings is 1. The van der Waals surface area contributed by atoms with Crippen LogP contribution in [0.5, 0.6) is 5.75 Å². The molecule has 2 aromatic heterocycles. The van der Waals surface area contributed by atoms with Crippen molar-refractivity contribution in [2.24, 2.45) is 0 Å². The summed E-state index contributed by atoms with van der Waals surface area (Å²) in [5.41, 5.74) is 2.21. The van der Waals surface area contributed by atoms with Gasteiger partial charge in [-0.3, -0.25) is 4.79 Å². The molecular weight excluding hydrogens is 487 g/mol. The number of nitrogens with one attached hydrogen (secondary N) is 1. The Morgan fingerprint density at radius 2 is 2.07 bits per heavy atom. The standard InChI is InChI=1S/C20H17IN4O2S/c1-3-27-15-9-6-10-16-18(15)23-20(28-16)25-17(11-12(2)24-25)22-19(26)13-7-4-5-8-14(13)21/h4-11H,3H2,1-2H3,(H,22,26). The molecule has 142 valence electrons. The van der Waals surface area contributed by atoms with E-state index in [0.29, 0.717) is 23.1 Å². The third kappa shape index (κ3) is 3.61. The Bertz CT molecular complexity index is 1170. The molecule has 2 heterocycles. The van der Waals surface area contributed by atoms with Crippen molar-refractivity contribution in [1.82, 2.24) is 14.8 Å². The molecule has 0 radical (unpaired) electrons. The lowest BCUT2D eigenvalue weighted by atomic mass is 10.2. The highest BCUT2D eigenvalue weighted by Crippen LogP contribution is 2.32. The molecule has 6 nitrogen and oxygen atoms in total. The molecule has 4 aromatic rings. The molecule has 0 unspecified atom stereocenters. The zero-order valence-corrected chi connectivity index (χ0v) is 18.2. The van der Waals surface area contributed by atoms with Crippen molar-refractivity contribution in [2.75, 3.05) is 11.9 Å². The van der Waals surface area contributed by atoms with Crippen LogP contribution in [0.15, 0.2) is 48.5 Å². The maximum absolute atomic E-state index is 12.7. The Labute approximate surface area is 179 Å². The summed E-state index contributed by atoms with van der Waals surface area (Å²) in [7, 11) is 0. The van der Waals surface area contributed by atoms with Crippen LogP contribution in [-0.2, 0) is 0 Å². The molecular formula is C20H17IN4O2S. The van der Waals surface area contributed by atoms with Gasteiger partial charge in [0.05, 0.1) is 22.6 Å². The molecule has 8 heteroatoms. The van der Waals surface area contributed by atoms with E-state index in [1.54, 1.807) is 10.7 Å². The summed E-state index contributed by atoms with van der Waals surface area (Å²) >= 11 is 3.66. The van der Waals surface area contributed by atoms with E-state index in [0.717, 1.165) is 25.2 Å². The topological polar surface area (TPSA) is 69.0 Å². The molecule has 0 aliphatic rings. The lowest BCUT2D eigenvalue weighted by Gasteiger charge is -2.07. The number of para-hydroxylation sites is 1. The second-order valence-electron chi connectivity index (χ2n) is 6.05. The van der Waals surface area contributed by atoms with Crippen LogP contribution in [0.4, 0.5) is 5.82 Å². The van der Waals surface area contributed by atoms with Gasteiger partial charge in [0.2, 0.25) is 5.13 Å². The van der Waals surface area contributed by atoms with E-state index in [4.69, 9.17) is 9.72 Å².